The number of amides is 1. The minimum Gasteiger partial charge on any atom is -0.348 e. The van der Waals surface area contributed by atoms with Crippen molar-refractivity contribution >= 4 is 11.9 Å². The second-order valence-corrected chi connectivity index (χ2v) is 5.57. The third kappa shape index (κ3) is 2.35. The van der Waals surface area contributed by atoms with Gasteiger partial charge in [-0.2, -0.15) is 4.68 Å². The molecule has 108 valence electrons. The molecule has 1 aromatic heterocycles. The summed E-state index contributed by atoms with van der Waals surface area (Å²) in [5.74, 6) is 0.811. The molecule has 1 aliphatic carbocycles. The molecule has 2 heterocycles. The number of anilines is 1. The molecule has 4 rings (SSSR count). The van der Waals surface area contributed by atoms with Crippen LogP contribution >= 0.6 is 0 Å². The van der Waals surface area contributed by atoms with E-state index in [0.717, 1.165) is 25.1 Å². The van der Waals surface area contributed by atoms with E-state index in [0.29, 0.717) is 18.4 Å². The number of hydrogen-bond donors (Lipinski definition) is 1. The first-order valence-electron chi connectivity index (χ1n) is 7.21. The highest BCUT2D eigenvalue weighted by Gasteiger charge is 2.39. The molecule has 1 atom stereocenters. The first-order chi connectivity index (χ1) is 10.3. The summed E-state index contributed by atoms with van der Waals surface area (Å²) < 4.78 is 1.66. The van der Waals surface area contributed by atoms with E-state index in [1.54, 1.807) is 4.68 Å². The van der Waals surface area contributed by atoms with Crippen LogP contribution in [0.2, 0.25) is 0 Å². The summed E-state index contributed by atoms with van der Waals surface area (Å²) in [7, 11) is 0. The molecule has 0 spiro atoms. The number of nitrogens with one attached hydrogen (secondary N) is 1. The van der Waals surface area contributed by atoms with E-state index >= 15 is 0 Å². The number of nitrogens with zero attached hydrogens (tertiary/aromatic N) is 5. The van der Waals surface area contributed by atoms with Crippen molar-refractivity contribution in [3.8, 4) is 5.69 Å². The summed E-state index contributed by atoms with van der Waals surface area (Å²) in [5, 5.41) is 15.1. The molecule has 21 heavy (non-hydrogen) atoms. The molecule has 2 aliphatic rings. The zero-order chi connectivity index (χ0) is 14.2. The molecule has 2 fully saturated rings. The van der Waals surface area contributed by atoms with Crippen molar-refractivity contribution in [2.75, 3.05) is 11.9 Å². The summed E-state index contributed by atoms with van der Waals surface area (Å²) in [6.45, 7) is 0.741. The van der Waals surface area contributed by atoms with E-state index in [2.05, 4.69) is 20.8 Å². The maximum Gasteiger partial charge on any atom is 0.248 e. The lowest BCUT2D eigenvalue weighted by Gasteiger charge is -2.16. The van der Waals surface area contributed by atoms with Crippen molar-refractivity contribution in [3.05, 3.63) is 30.3 Å². The maximum absolute atomic E-state index is 12.0. The predicted octanol–water partition coefficient (Wildman–Crippen LogP) is 0.837. The third-order valence-corrected chi connectivity index (χ3v) is 3.95. The van der Waals surface area contributed by atoms with Gasteiger partial charge < -0.3 is 10.2 Å². The first-order valence-corrected chi connectivity index (χ1v) is 7.21. The van der Waals surface area contributed by atoms with Crippen molar-refractivity contribution in [1.29, 1.82) is 0 Å². The number of likely N-dealkylation sites (tertiary alicyclic amines) is 1. The average molecular weight is 284 g/mol. The summed E-state index contributed by atoms with van der Waals surface area (Å²) in [6, 6.07) is 10.3. The van der Waals surface area contributed by atoms with E-state index in [1.807, 2.05) is 35.2 Å². The Bertz CT molecular complexity index is 650. The van der Waals surface area contributed by atoms with Gasteiger partial charge in [-0.05, 0) is 35.4 Å². The number of hydrogen-bond acceptors (Lipinski definition) is 5. The number of benzene rings is 1. The molecule has 2 aromatic rings. The fourth-order valence-electron chi connectivity index (χ4n) is 2.77. The Labute approximate surface area is 121 Å². The number of carbonyl (C=O) groups excluding carboxylic acids is 1. The van der Waals surface area contributed by atoms with Gasteiger partial charge in [-0.1, -0.05) is 23.3 Å². The zero-order valence-electron chi connectivity index (χ0n) is 11.5. The van der Waals surface area contributed by atoms with Crippen LogP contribution in [-0.2, 0) is 4.79 Å². The average Bonchev–Trinajstić information content (AvgIpc) is 3.13. The van der Waals surface area contributed by atoms with Gasteiger partial charge in [-0.15, -0.1) is 0 Å². The van der Waals surface area contributed by atoms with Crippen molar-refractivity contribution in [2.24, 2.45) is 0 Å². The lowest BCUT2D eigenvalue weighted by Crippen LogP contribution is -2.30. The Kier molecular flexibility index (Phi) is 2.83. The van der Waals surface area contributed by atoms with Gasteiger partial charge in [0.25, 0.3) is 0 Å². The molecule has 7 nitrogen and oxygen atoms in total. The minimum absolute atomic E-state index is 0.0755. The molecule has 1 aromatic carbocycles. The quantitative estimate of drug-likeness (QED) is 0.900. The number of para-hydroxylation sites is 1. The standard InChI is InChI=1S/C14H16N6O/c21-13-8-10(9-19(13)11-6-7-11)15-14-16-17-18-20(14)12-4-2-1-3-5-12/h1-5,10-11H,6-9H2,(H,15,16,18). The number of rotatable bonds is 4. The van der Waals surface area contributed by atoms with Crippen LogP contribution in [0.5, 0.6) is 0 Å². The summed E-state index contributed by atoms with van der Waals surface area (Å²) in [6.07, 6.45) is 2.79. The van der Waals surface area contributed by atoms with Crippen LogP contribution in [0.1, 0.15) is 19.3 Å². The van der Waals surface area contributed by atoms with Gasteiger partial charge >= 0.3 is 0 Å². The smallest absolute Gasteiger partial charge is 0.248 e. The fourth-order valence-corrected chi connectivity index (χ4v) is 2.77. The van der Waals surface area contributed by atoms with E-state index in [4.69, 9.17) is 0 Å². The fraction of sp³-hybridized carbons (Fsp3) is 0.429. The van der Waals surface area contributed by atoms with Crippen molar-refractivity contribution in [1.82, 2.24) is 25.1 Å². The summed E-state index contributed by atoms with van der Waals surface area (Å²) in [4.78, 5) is 14.0. The maximum atomic E-state index is 12.0. The number of aromatic nitrogens is 4. The monoisotopic (exact) mass is 284 g/mol. The summed E-state index contributed by atoms with van der Waals surface area (Å²) >= 11 is 0. The third-order valence-electron chi connectivity index (χ3n) is 3.95. The number of carbonyl (C=O) groups is 1. The predicted molar refractivity (Wildman–Crippen MR) is 75.9 cm³/mol. The van der Waals surface area contributed by atoms with Crippen LogP contribution in [0, 0.1) is 0 Å². The Morgan fingerprint density at radius 2 is 2.00 bits per heavy atom. The molecule has 1 N–H and O–H groups in total. The minimum atomic E-state index is 0.0755. The topological polar surface area (TPSA) is 75.9 Å². The summed E-state index contributed by atoms with van der Waals surface area (Å²) in [5.41, 5.74) is 0.897. The van der Waals surface area contributed by atoms with Crippen LogP contribution in [0.3, 0.4) is 0 Å². The van der Waals surface area contributed by atoms with E-state index in [1.165, 1.54) is 0 Å². The molecule has 1 unspecified atom stereocenters. The largest absolute Gasteiger partial charge is 0.348 e. The van der Waals surface area contributed by atoms with Crippen LogP contribution in [0.25, 0.3) is 5.69 Å². The number of tetrazole rings is 1. The molecule has 1 aliphatic heterocycles. The molecule has 1 saturated heterocycles. The van der Waals surface area contributed by atoms with Crippen molar-refractivity contribution in [3.63, 3.8) is 0 Å². The Balaban J connectivity index is 1.51. The van der Waals surface area contributed by atoms with Gasteiger partial charge in [0.2, 0.25) is 11.9 Å². The van der Waals surface area contributed by atoms with Crippen LogP contribution in [-0.4, -0.2) is 49.6 Å². The molecule has 0 radical (unpaired) electrons. The highest BCUT2D eigenvalue weighted by atomic mass is 16.2. The highest BCUT2D eigenvalue weighted by molar-refractivity contribution is 5.80. The second kappa shape index (κ2) is 4.83. The van der Waals surface area contributed by atoms with E-state index in [9.17, 15) is 4.79 Å². The van der Waals surface area contributed by atoms with Gasteiger partial charge in [0, 0.05) is 19.0 Å². The van der Waals surface area contributed by atoms with E-state index in [-0.39, 0.29) is 11.9 Å². The highest BCUT2D eigenvalue weighted by Crippen LogP contribution is 2.31. The Hall–Kier alpha value is -2.44. The SMILES string of the molecule is O=C1CC(Nc2nnnn2-c2ccccc2)CN1C1CC1. The van der Waals surface area contributed by atoms with Gasteiger partial charge in [-0.3, -0.25) is 4.79 Å². The van der Waals surface area contributed by atoms with E-state index < -0.39 is 0 Å². The zero-order valence-corrected chi connectivity index (χ0v) is 11.5. The van der Waals surface area contributed by atoms with Crippen molar-refractivity contribution < 1.29 is 4.79 Å². The van der Waals surface area contributed by atoms with Crippen LogP contribution in [0.4, 0.5) is 5.95 Å². The van der Waals surface area contributed by atoms with Gasteiger partial charge in [0.1, 0.15) is 0 Å². The first kappa shape index (κ1) is 12.3. The molecule has 1 amide bonds. The van der Waals surface area contributed by atoms with Crippen LogP contribution < -0.4 is 5.32 Å². The molecular weight excluding hydrogens is 268 g/mol. The molecule has 1 saturated carbocycles. The molecular formula is C14H16N6O. The van der Waals surface area contributed by atoms with Gasteiger partial charge in [-0.25, -0.2) is 0 Å². The van der Waals surface area contributed by atoms with Gasteiger partial charge in [0.05, 0.1) is 11.7 Å². The molecule has 0 bridgehead atoms. The normalized spacial score (nSPS) is 21.8. The van der Waals surface area contributed by atoms with Crippen molar-refractivity contribution in [2.45, 2.75) is 31.3 Å². The Morgan fingerprint density at radius 1 is 1.19 bits per heavy atom. The Morgan fingerprint density at radius 3 is 2.76 bits per heavy atom. The van der Waals surface area contributed by atoms with Crippen LogP contribution in [0.15, 0.2) is 30.3 Å². The molecule has 7 heteroatoms. The lowest BCUT2D eigenvalue weighted by atomic mass is 10.2. The lowest BCUT2D eigenvalue weighted by molar-refractivity contribution is -0.128. The van der Waals surface area contributed by atoms with Gasteiger partial charge in [0.15, 0.2) is 0 Å². The second-order valence-electron chi connectivity index (χ2n) is 5.57.